The van der Waals surface area contributed by atoms with Gasteiger partial charge in [0.2, 0.25) is 5.91 Å². The van der Waals surface area contributed by atoms with Crippen LogP contribution in [0.4, 0.5) is 0 Å². The van der Waals surface area contributed by atoms with Crippen LogP contribution in [0.5, 0.6) is 0 Å². The summed E-state index contributed by atoms with van der Waals surface area (Å²) in [7, 11) is 0. The third-order valence-electron chi connectivity index (χ3n) is 5.96. The highest BCUT2D eigenvalue weighted by Gasteiger charge is 2.64. The Morgan fingerprint density at radius 3 is 1.55 bits per heavy atom. The summed E-state index contributed by atoms with van der Waals surface area (Å²) in [5.41, 5.74) is 8.16. The molecule has 6 saturated carbocycles. The van der Waals surface area contributed by atoms with Gasteiger partial charge in [0, 0.05) is 13.5 Å². The molecule has 0 saturated heterocycles. The summed E-state index contributed by atoms with van der Waals surface area (Å²) in [6.45, 7) is 8.14. The van der Waals surface area contributed by atoms with Crippen molar-refractivity contribution < 1.29 is 4.79 Å². The van der Waals surface area contributed by atoms with Crippen molar-refractivity contribution in [2.24, 2.45) is 27.4 Å². The molecule has 6 rings (SSSR count). The molecule has 0 heterocycles. The number of nitrogens with one attached hydrogen (secondary N) is 1. The van der Waals surface area contributed by atoms with Crippen molar-refractivity contribution >= 4 is 18.3 Å². The second kappa shape index (κ2) is 6.32. The Balaban J connectivity index is 0.000000364. The second-order valence-electron chi connectivity index (χ2n) is 8.80. The molecule has 6 aliphatic rings. The third-order valence-corrected chi connectivity index (χ3v) is 5.96. The number of nitrogens with two attached hydrogens (primary N) is 1. The van der Waals surface area contributed by atoms with Crippen LogP contribution in [-0.2, 0) is 4.79 Å². The van der Waals surface area contributed by atoms with Gasteiger partial charge in [-0.15, -0.1) is 12.4 Å². The summed E-state index contributed by atoms with van der Waals surface area (Å²) in [6, 6.07) is 0. The van der Waals surface area contributed by atoms with Gasteiger partial charge in [-0.3, -0.25) is 4.79 Å². The number of halogens is 1. The van der Waals surface area contributed by atoms with Crippen molar-refractivity contribution in [2.75, 3.05) is 13.1 Å². The summed E-state index contributed by atoms with van der Waals surface area (Å²) in [4.78, 5) is 10.6. The van der Waals surface area contributed by atoms with Gasteiger partial charge < -0.3 is 11.1 Å². The monoisotopic (exact) mass is 332 g/mol. The summed E-state index contributed by atoms with van der Waals surface area (Å²) >= 11 is 0. The molecule has 132 valence electrons. The van der Waals surface area contributed by atoms with Crippen molar-refractivity contribution in [3.63, 3.8) is 0 Å². The van der Waals surface area contributed by atoms with E-state index in [-0.39, 0.29) is 33.2 Å². The fraction of sp³-hybridized carbons (Fsp3) is 0.944. The molecule has 0 spiro atoms. The lowest BCUT2D eigenvalue weighted by Gasteiger charge is -2.70. The third kappa shape index (κ3) is 3.46. The number of rotatable bonds is 3. The second-order valence-corrected chi connectivity index (χ2v) is 8.80. The van der Waals surface area contributed by atoms with E-state index < -0.39 is 0 Å². The number of amides is 1. The van der Waals surface area contributed by atoms with E-state index in [1.165, 1.54) is 38.5 Å². The smallest absolute Gasteiger partial charge is 0.216 e. The zero-order valence-corrected chi connectivity index (χ0v) is 13.9. The maximum Gasteiger partial charge on any atom is 0.216 e. The molecule has 4 heteroatoms. The van der Waals surface area contributed by atoms with Crippen molar-refractivity contribution in [1.29, 1.82) is 0 Å². The van der Waals surface area contributed by atoms with Crippen LogP contribution in [0.3, 0.4) is 0 Å². The van der Waals surface area contributed by atoms with E-state index in [0.717, 1.165) is 18.5 Å². The van der Waals surface area contributed by atoms with Gasteiger partial charge in [-0.05, 0) is 66.7 Å². The Morgan fingerprint density at radius 2 is 1.32 bits per heavy atom. The molecule has 22 heavy (non-hydrogen) atoms. The fourth-order valence-electron chi connectivity index (χ4n) is 5.84. The van der Waals surface area contributed by atoms with E-state index in [1.54, 1.807) is 6.92 Å². The van der Waals surface area contributed by atoms with Gasteiger partial charge in [0.15, 0.2) is 0 Å². The largest absolute Gasteiger partial charge is 0.356 e. The molecule has 0 aromatic rings. The molecule has 1 amide bonds. The molecule has 0 unspecified atom stereocenters. The van der Waals surface area contributed by atoms with Gasteiger partial charge >= 0.3 is 0 Å². The summed E-state index contributed by atoms with van der Waals surface area (Å²) in [6.07, 6.45) is 8.24. The maximum absolute atomic E-state index is 10.6. The Bertz CT molecular complexity index is 382. The van der Waals surface area contributed by atoms with E-state index in [9.17, 15) is 4.79 Å². The molecule has 6 fully saturated rings. The van der Waals surface area contributed by atoms with E-state index in [4.69, 9.17) is 5.73 Å². The van der Waals surface area contributed by atoms with Crippen LogP contribution in [0.1, 0.15) is 74.1 Å². The first kappa shape index (κ1) is 21.7. The number of hydrogen-bond donors (Lipinski definition) is 2. The van der Waals surface area contributed by atoms with Crippen molar-refractivity contribution in [3.8, 4) is 0 Å². The SMILES string of the molecule is C.C.CC(=O)NCC12CC(C)(C1)C2.CC12CC(CN)(C1)C2.Cl. The Morgan fingerprint density at radius 1 is 0.955 bits per heavy atom. The fourth-order valence-corrected chi connectivity index (χ4v) is 5.84. The normalized spacial score (nSPS) is 44.4. The molecule has 4 bridgehead atoms. The topological polar surface area (TPSA) is 55.1 Å². The standard InChI is InChI=1S/C9H15NO.C7H13N.2CH4.ClH/c1-7(11)10-6-9-3-8(2,4-9)5-9;1-6-2-7(3-6,4-6)5-8;;;/h3-6H2,1-2H3,(H,10,11);2-5,8H2,1H3;2*1H4;1H. The Labute approximate surface area is 143 Å². The molecule has 3 nitrogen and oxygen atoms in total. The van der Waals surface area contributed by atoms with Crippen LogP contribution >= 0.6 is 12.4 Å². The molecule has 6 aliphatic carbocycles. The first-order valence-corrected chi connectivity index (χ1v) is 7.67. The Kier molecular flexibility index (Phi) is 6.23. The number of hydrogen-bond acceptors (Lipinski definition) is 2. The summed E-state index contributed by atoms with van der Waals surface area (Å²) in [5.74, 6) is 0.111. The summed E-state index contributed by atoms with van der Waals surface area (Å²) < 4.78 is 0. The molecule has 0 radical (unpaired) electrons. The number of carbonyl (C=O) groups is 1. The van der Waals surface area contributed by atoms with Crippen molar-refractivity contribution in [3.05, 3.63) is 0 Å². The van der Waals surface area contributed by atoms with Gasteiger partial charge in [0.05, 0.1) is 0 Å². The minimum absolute atomic E-state index is 0. The first-order valence-electron chi connectivity index (χ1n) is 7.67. The predicted molar refractivity (Wildman–Crippen MR) is 97.2 cm³/mol. The van der Waals surface area contributed by atoms with Crippen LogP contribution in [0.2, 0.25) is 0 Å². The van der Waals surface area contributed by atoms with Gasteiger partial charge in [0.25, 0.3) is 0 Å². The van der Waals surface area contributed by atoms with Gasteiger partial charge in [0.1, 0.15) is 0 Å². The van der Waals surface area contributed by atoms with Crippen LogP contribution in [-0.4, -0.2) is 19.0 Å². The highest BCUT2D eigenvalue weighted by Crippen LogP contribution is 2.73. The lowest BCUT2D eigenvalue weighted by atomic mass is 9.36. The zero-order chi connectivity index (χ0) is 13.9. The van der Waals surface area contributed by atoms with Gasteiger partial charge in [-0.25, -0.2) is 0 Å². The van der Waals surface area contributed by atoms with Crippen LogP contribution in [0.25, 0.3) is 0 Å². The highest BCUT2D eigenvalue weighted by atomic mass is 35.5. The highest BCUT2D eigenvalue weighted by molar-refractivity contribution is 5.85. The van der Waals surface area contributed by atoms with Gasteiger partial charge in [-0.2, -0.15) is 0 Å². The van der Waals surface area contributed by atoms with E-state index >= 15 is 0 Å². The number of carbonyl (C=O) groups excluding carboxylic acids is 1. The maximum atomic E-state index is 10.6. The molecule has 0 atom stereocenters. The van der Waals surface area contributed by atoms with E-state index in [2.05, 4.69) is 19.2 Å². The quantitative estimate of drug-likeness (QED) is 0.816. The van der Waals surface area contributed by atoms with Crippen molar-refractivity contribution in [1.82, 2.24) is 5.32 Å². The average Bonchev–Trinajstić information content (AvgIpc) is 2.16. The zero-order valence-electron chi connectivity index (χ0n) is 13.1. The molecule has 0 aliphatic heterocycles. The molecule has 0 aromatic carbocycles. The van der Waals surface area contributed by atoms with Crippen molar-refractivity contribution in [2.45, 2.75) is 74.1 Å². The lowest BCUT2D eigenvalue weighted by Crippen LogP contribution is -2.64. The van der Waals surface area contributed by atoms with E-state index in [0.29, 0.717) is 16.2 Å². The predicted octanol–water partition coefficient (Wildman–Crippen LogP) is 4.14. The van der Waals surface area contributed by atoms with Crippen LogP contribution in [0.15, 0.2) is 0 Å². The lowest BCUT2D eigenvalue weighted by molar-refractivity contribution is -0.187. The van der Waals surface area contributed by atoms with E-state index in [1.807, 2.05) is 0 Å². The van der Waals surface area contributed by atoms with Gasteiger partial charge in [-0.1, -0.05) is 28.7 Å². The Hall–Kier alpha value is -0.280. The first-order chi connectivity index (χ1) is 8.72. The van der Waals surface area contributed by atoms with Crippen LogP contribution < -0.4 is 11.1 Å². The molecule has 0 aromatic heterocycles. The minimum atomic E-state index is 0. The summed E-state index contributed by atoms with van der Waals surface area (Å²) in [5, 5.41) is 2.90. The molecular weight excluding hydrogens is 296 g/mol. The average molecular weight is 333 g/mol. The molecular formula is C18H37ClN2O. The van der Waals surface area contributed by atoms with Crippen LogP contribution in [0, 0.1) is 21.7 Å². The minimum Gasteiger partial charge on any atom is -0.356 e. The molecule has 3 N–H and O–H groups in total.